The van der Waals surface area contributed by atoms with Gasteiger partial charge in [0.05, 0.1) is 5.02 Å². The molecule has 0 amide bonds. The number of ether oxygens (including phenoxy) is 6. The van der Waals surface area contributed by atoms with Crippen LogP contribution in [0.15, 0.2) is 21.3 Å². The third-order valence-corrected chi connectivity index (χ3v) is 6.76. The van der Waals surface area contributed by atoms with Crippen LogP contribution in [0.25, 0.3) is 11.0 Å². The van der Waals surface area contributed by atoms with Crippen molar-refractivity contribution in [3.8, 4) is 5.75 Å². The number of rotatable bonds is 7. The highest BCUT2D eigenvalue weighted by atomic mass is 35.5. The van der Waals surface area contributed by atoms with Crippen molar-refractivity contribution in [2.45, 2.75) is 84.1 Å². The van der Waals surface area contributed by atoms with E-state index in [9.17, 15) is 24.0 Å². The molecule has 0 bridgehead atoms. The van der Waals surface area contributed by atoms with Gasteiger partial charge in [-0.3, -0.25) is 19.2 Å². The molecule has 0 N–H and O–H groups in total. The summed E-state index contributed by atoms with van der Waals surface area (Å²) in [6.45, 7) is 4.12. The molecule has 1 aromatic carbocycles. The van der Waals surface area contributed by atoms with Crippen molar-refractivity contribution in [1.29, 1.82) is 0 Å². The summed E-state index contributed by atoms with van der Waals surface area (Å²) >= 11 is 6.58. The van der Waals surface area contributed by atoms with Gasteiger partial charge in [-0.2, -0.15) is 0 Å². The lowest BCUT2D eigenvalue weighted by atomic mass is 9.90. The Morgan fingerprint density at radius 3 is 2.08 bits per heavy atom. The molecule has 1 aliphatic heterocycles. The normalized spacial score (nSPS) is 24.0. The summed E-state index contributed by atoms with van der Waals surface area (Å²) in [5.41, 5.74) is 1.29. The molecule has 5 atom stereocenters. The van der Waals surface area contributed by atoms with Crippen molar-refractivity contribution in [2.75, 3.05) is 6.61 Å². The predicted molar refractivity (Wildman–Crippen MR) is 137 cm³/mol. The Morgan fingerprint density at radius 1 is 0.850 bits per heavy atom. The fourth-order valence-corrected chi connectivity index (χ4v) is 5.15. The number of carbonyl (C=O) groups is 4. The highest BCUT2D eigenvalue weighted by Gasteiger charge is 2.53. The molecule has 2 heterocycles. The Hall–Kier alpha value is -3.64. The van der Waals surface area contributed by atoms with E-state index in [0.717, 1.165) is 39.2 Å². The third-order valence-electron chi connectivity index (χ3n) is 6.47. The minimum Gasteiger partial charge on any atom is -0.463 e. The van der Waals surface area contributed by atoms with Crippen LogP contribution in [0.4, 0.5) is 0 Å². The molecule has 13 heteroatoms. The van der Waals surface area contributed by atoms with Crippen LogP contribution < -0.4 is 10.4 Å². The van der Waals surface area contributed by atoms with Gasteiger partial charge >= 0.3 is 29.5 Å². The Balaban J connectivity index is 1.76. The average molecular weight is 581 g/mol. The summed E-state index contributed by atoms with van der Waals surface area (Å²) in [7, 11) is 0. The maximum absolute atomic E-state index is 12.6. The molecule has 0 unspecified atom stereocenters. The van der Waals surface area contributed by atoms with E-state index in [2.05, 4.69) is 0 Å². The van der Waals surface area contributed by atoms with Gasteiger partial charge in [-0.15, -0.1) is 0 Å². The van der Waals surface area contributed by atoms with Crippen LogP contribution in [0, 0.1) is 0 Å². The van der Waals surface area contributed by atoms with E-state index in [-0.39, 0.29) is 16.4 Å². The van der Waals surface area contributed by atoms with Crippen molar-refractivity contribution in [3.05, 3.63) is 38.7 Å². The average Bonchev–Trinajstić information content (AvgIpc) is 2.87. The number of esters is 4. The smallest absolute Gasteiger partial charge is 0.339 e. The summed E-state index contributed by atoms with van der Waals surface area (Å²) in [5.74, 6) is -2.95. The number of hydrogen-bond acceptors (Lipinski definition) is 12. The molecule has 0 radical (unpaired) electrons. The van der Waals surface area contributed by atoms with Crippen LogP contribution in [0.5, 0.6) is 5.75 Å². The lowest BCUT2D eigenvalue weighted by Crippen LogP contribution is -2.63. The van der Waals surface area contributed by atoms with Crippen LogP contribution in [-0.4, -0.2) is 61.2 Å². The molecular weight excluding hydrogens is 552 g/mol. The maximum Gasteiger partial charge on any atom is 0.339 e. The zero-order chi connectivity index (χ0) is 29.1. The number of halogens is 1. The molecule has 40 heavy (non-hydrogen) atoms. The summed E-state index contributed by atoms with van der Waals surface area (Å²) in [6.07, 6.45) is -3.73. The Bertz CT molecular complexity index is 1380. The van der Waals surface area contributed by atoms with Crippen LogP contribution >= 0.6 is 11.6 Å². The molecular formula is C27H29ClO12. The van der Waals surface area contributed by atoms with Gasteiger partial charge in [-0.05, 0) is 37.3 Å². The monoisotopic (exact) mass is 580 g/mol. The maximum atomic E-state index is 12.6. The summed E-state index contributed by atoms with van der Waals surface area (Å²) in [5, 5.41) is 0.815. The van der Waals surface area contributed by atoms with Gasteiger partial charge in [0.15, 0.2) is 12.2 Å². The van der Waals surface area contributed by atoms with Gasteiger partial charge in [-0.1, -0.05) is 11.6 Å². The van der Waals surface area contributed by atoms with Crippen molar-refractivity contribution in [2.24, 2.45) is 0 Å². The molecule has 1 fully saturated rings. The van der Waals surface area contributed by atoms with E-state index < -0.39 is 66.8 Å². The fourth-order valence-electron chi connectivity index (χ4n) is 4.94. The van der Waals surface area contributed by atoms with Crippen LogP contribution in [0.2, 0.25) is 5.02 Å². The molecule has 1 saturated heterocycles. The molecule has 4 rings (SSSR count). The number of benzene rings is 1. The van der Waals surface area contributed by atoms with E-state index >= 15 is 0 Å². The molecule has 12 nitrogen and oxygen atoms in total. The first kappa shape index (κ1) is 29.3. The minimum atomic E-state index is -1.49. The van der Waals surface area contributed by atoms with Gasteiger partial charge in [-0.25, -0.2) is 4.79 Å². The standard InChI is InChI=1S/C27H29ClO12/c1-12(29)34-11-22-23(35-13(2)30)24(36-14(3)31)25(37-15(4)32)27(40-22)39-21-10-20-18(9-19(21)28)16-7-5-6-8-17(16)26(33)38-20/h9-10,22-25,27H,5-8,11H2,1-4H3/t22-,23-,24+,25-,27-/m1/s1. The van der Waals surface area contributed by atoms with Gasteiger partial charge in [0, 0.05) is 44.7 Å². The highest BCUT2D eigenvalue weighted by Crippen LogP contribution is 2.37. The van der Waals surface area contributed by atoms with Crippen molar-refractivity contribution in [1.82, 2.24) is 0 Å². The van der Waals surface area contributed by atoms with Crippen molar-refractivity contribution in [3.63, 3.8) is 0 Å². The number of hydrogen-bond donors (Lipinski definition) is 0. The Morgan fingerprint density at radius 2 is 1.45 bits per heavy atom. The zero-order valence-electron chi connectivity index (χ0n) is 22.4. The van der Waals surface area contributed by atoms with E-state index in [1.54, 1.807) is 6.07 Å². The van der Waals surface area contributed by atoms with E-state index in [0.29, 0.717) is 23.8 Å². The lowest BCUT2D eigenvalue weighted by molar-refractivity contribution is -0.288. The second kappa shape index (κ2) is 12.3. The molecule has 1 aliphatic carbocycles. The van der Waals surface area contributed by atoms with Crippen molar-refractivity contribution < 1.29 is 52.0 Å². The number of carbonyl (C=O) groups excluding carboxylic acids is 4. The summed E-state index contributed by atoms with van der Waals surface area (Å²) in [4.78, 5) is 60.1. The SMILES string of the molecule is CC(=O)OC[C@H]1O[C@@H](Oc2cc3oc(=O)c4c(c3cc2Cl)CCCC4)[C@H](OC(C)=O)[C@@H](OC(C)=O)[C@@H]1OC(C)=O. The molecule has 0 spiro atoms. The topological polar surface area (TPSA) is 154 Å². The fraction of sp³-hybridized carbons (Fsp3) is 0.519. The van der Waals surface area contributed by atoms with E-state index in [1.807, 2.05) is 0 Å². The zero-order valence-corrected chi connectivity index (χ0v) is 23.1. The third kappa shape index (κ3) is 6.56. The van der Waals surface area contributed by atoms with Gasteiger partial charge in [0.25, 0.3) is 0 Å². The molecule has 216 valence electrons. The number of fused-ring (bicyclic) bond motifs is 3. The summed E-state index contributed by atoms with van der Waals surface area (Å²) < 4.78 is 38.8. The van der Waals surface area contributed by atoms with Crippen molar-refractivity contribution >= 4 is 46.4 Å². The Kier molecular flexibility index (Phi) is 8.99. The van der Waals surface area contributed by atoms with Gasteiger partial charge in [0.1, 0.15) is 24.0 Å². The predicted octanol–water partition coefficient (Wildman–Crippen LogP) is 2.79. The molecule has 2 aliphatic rings. The van der Waals surface area contributed by atoms with Crippen LogP contribution in [0.3, 0.4) is 0 Å². The van der Waals surface area contributed by atoms with E-state index in [4.69, 9.17) is 44.4 Å². The summed E-state index contributed by atoms with van der Waals surface area (Å²) in [6, 6.07) is 3.03. The first-order chi connectivity index (χ1) is 18.9. The largest absolute Gasteiger partial charge is 0.463 e. The number of aryl methyl sites for hydroxylation is 1. The highest BCUT2D eigenvalue weighted by molar-refractivity contribution is 6.32. The lowest BCUT2D eigenvalue weighted by Gasteiger charge is -2.44. The second-order valence-electron chi connectivity index (χ2n) is 9.52. The molecule has 2 aromatic rings. The first-order valence-electron chi connectivity index (χ1n) is 12.7. The first-order valence-corrected chi connectivity index (χ1v) is 13.1. The molecule has 1 aromatic heterocycles. The Labute approximate surface area is 233 Å². The van der Waals surface area contributed by atoms with Gasteiger partial charge < -0.3 is 32.8 Å². The minimum absolute atomic E-state index is 0.00831. The van der Waals surface area contributed by atoms with Crippen LogP contribution in [-0.2, 0) is 55.7 Å². The van der Waals surface area contributed by atoms with Gasteiger partial charge in [0.2, 0.25) is 12.4 Å². The van der Waals surface area contributed by atoms with Crippen LogP contribution in [0.1, 0.15) is 51.7 Å². The molecule has 0 saturated carbocycles. The quantitative estimate of drug-likeness (QED) is 0.269. The van der Waals surface area contributed by atoms with E-state index in [1.165, 1.54) is 13.0 Å². The second-order valence-corrected chi connectivity index (χ2v) is 9.93.